The fraction of sp³-hybridized carbons (Fsp3) is 0.688. The Kier molecular flexibility index (Phi) is 5.80. The number of hydrogen-bond donors (Lipinski definition) is 1. The molecule has 0 aliphatic carbocycles. The van der Waals surface area contributed by atoms with E-state index in [-0.39, 0.29) is 6.04 Å². The first-order chi connectivity index (χ1) is 9.80. The van der Waals surface area contributed by atoms with Crippen LogP contribution < -0.4 is 10.1 Å². The molecule has 112 valence electrons. The molecule has 1 aliphatic heterocycles. The topological polar surface area (TPSA) is 43.4 Å². The maximum atomic E-state index is 5.82. The van der Waals surface area contributed by atoms with Gasteiger partial charge in [-0.3, -0.25) is 4.98 Å². The van der Waals surface area contributed by atoms with Gasteiger partial charge in [0.25, 0.3) is 0 Å². The van der Waals surface area contributed by atoms with Crippen LogP contribution in [0.5, 0.6) is 5.75 Å². The lowest BCUT2D eigenvalue weighted by molar-refractivity contribution is 0.0782. The molecular formula is C16H26N2O2. The highest BCUT2D eigenvalue weighted by Gasteiger charge is 2.33. The van der Waals surface area contributed by atoms with Crippen molar-refractivity contribution in [3.63, 3.8) is 0 Å². The lowest BCUT2D eigenvalue weighted by Gasteiger charge is -2.27. The maximum Gasteiger partial charge on any atom is 0.137 e. The third kappa shape index (κ3) is 3.49. The molecule has 0 amide bonds. The number of pyridine rings is 1. The van der Waals surface area contributed by atoms with Gasteiger partial charge in [0.1, 0.15) is 5.75 Å². The predicted octanol–water partition coefficient (Wildman–Crippen LogP) is 2.95. The molecule has 2 rings (SSSR count). The molecule has 20 heavy (non-hydrogen) atoms. The Labute approximate surface area is 121 Å². The van der Waals surface area contributed by atoms with Gasteiger partial charge in [0.05, 0.1) is 18.9 Å². The van der Waals surface area contributed by atoms with Crippen LogP contribution in [0, 0.1) is 5.92 Å². The van der Waals surface area contributed by atoms with Crippen LogP contribution in [-0.2, 0) is 4.74 Å². The first-order valence-corrected chi connectivity index (χ1v) is 7.66. The van der Waals surface area contributed by atoms with E-state index in [2.05, 4.69) is 30.2 Å². The van der Waals surface area contributed by atoms with E-state index in [9.17, 15) is 0 Å². The van der Waals surface area contributed by atoms with Crippen LogP contribution in [0.3, 0.4) is 0 Å². The molecule has 1 N–H and O–H groups in total. The molecule has 3 atom stereocenters. The number of aromatic nitrogens is 1. The van der Waals surface area contributed by atoms with Crippen LogP contribution in [0.4, 0.5) is 0 Å². The minimum absolute atomic E-state index is 0.278. The molecule has 1 saturated heterocycles. The van der Waals surface area contributed by atoms with E-state index in [1.165, 1.54) is 5.56 Å². The lowest BCUT2D eigenvalue weighted by Crippen LogP contribution is -2.30. The van der Waals surface area contributed by atoms with Crippen LogP contribution in [0.25, 0.3) is 0 Å². The molecular weight excluding hydrogens is 252 g/mol. The number of nitrogens with zero attached hydrogens (tertiary/aromatic N) is 1. The van der Waals surface area contributed by atoms with Gasteiger partial charge in [0.15, 0.2) is 0 Å². The molecule has 1 aromatic heterocycles. The zero-order valence-corrected chi connectivity index (χ0v) is 12.8. The van der Waals surface area contributed by atoms with Gasteiger partial charge in [-0.2, -0.15) is 0 Å². The zero-order chi connectivity index (χ0) is 14.4. The molecule has 0 spiro atoms. The second kappa shape index (κ2) is 7.60. The molecule has 1 fully saturated rings. The standard InChI is InChI=1S/C16H26N2O2/c1-4-7-19-13-9-12(10-18-11-13)16(17-3)14-6-8-20-15(14)5-2/h9-11,14-17H,4-8H2,1-3H3. The second-order valence-corrected chi connectivity index (χ2v) is 5.34. The third-order valence-electron chi connectivity index (χ3n) is 3.97. The van der Waals surface area contributed by atoms with Gasteiger partial charge in [-0.25, -0.2) is 0 Å². The average Bonchev–Trinajstić information content (AvgIpc) is 2.95. The van der Waals surface area contributed by atoms with Crippen LogP contribution in [0.15, 0.2) is 18.5 Å². The van der Waals surface area contributed by atoms with Crippen LogP contribution in [0.1, 0.15) is 44.7 Å². The minimum Gasteiger partial charge on any atom is -0.492 e. The Balaban J connectivity index is 2.14. The van der Waals surface area contributed by atoms with E-state index < -0.39 is 0 Å². The Morgan fingerprint density at radius 1 is 1.45 bits per heavy atom. The zero-order valence-electron chi connectivity index (χ0n) is 12.8. The predicted molar refractivity (Wildman–Crippen MR) is 80.0 cm³/mol. The van der Waals surface area contributed by atoms with Gasteiger partial charge in [-0.15, -0.1) is 0 Å². The average molecular weight is 278 g/mol. The first-order valence-electron chi connectivity index (χ1n) is 7.66. The van der Waals surface area contributed by atoms with Crippen molar-refractivity contribution in [1.29, 1.82) is 0 Å². The van der Waals surface area contributed by atoms with Crippen molar-refractivity contribution in [3.05, 3.63) is 24.0 Å². The maximum absolute atomic E-state index is 5.82. The second-order valence-electron chi connectivity index (χ2n) is 5.34. The van der Waals surface area contributed by atoms with Gasteiger partial charge in [0.2, 0.25) is 0 Å². The van der Waals surface area contributed by atoms with Gasteiger partial charge in [-0.05, 0) is 37.9 Å². The van der Waals surface area contributed by atoms with Crippen LogP contribution in [-0.4, -0.2) is 31.3 Å². The summed E-state index contributed by atoms with van der Waals surface area (Å²) in [5.74, 6) is 1.37. The summed E-state index contributed by atoms with van der Waals surface area (Å²) in [6, 6.07) is 2.38. The Morgan fingerprint density at radius 2 is 2.30 bits per heavy atom. The molecule has 0 bridgehead atoms. The number of nitrogens with one attached hydrogen (secondary N) is 1. The van der Waals surface area contributed by atoms with Crippen molar-refractivity contribution in [1.82, 2.24) is 10.3 Å². The molecule has 1 aromatic rings. The van der Waals surface area contributed by atoms with Gasteiger partial charge >= 0.3 is 0 Å². The normalized spacial score (nSPS) is 23.8. The number of hydrogen-bond acceptors (Lipinski definition) is 4. The van der Waals surface area contributed by atoms with E-state index in [4.69, 9.17) is 9.47 Å². The van der Waals surface area contributed by atoms with Crippen molar-refractivity contribution < 1.29 is 9.47 Å². The van der Waals surface area contributed by atoms with E-state index in [0.29, 0.717) is 12.0 Å². The molecule has 3 unspecified atom stereocenters. The number of rotatable bonds is 7. The van der Waals surface area contributed by atoms with Crippen LogP contribution >= 0.6 is 0 Å². The van der Waals surface area contributed by atoms with E-state index in [1.807, 2.05) is 13.2 Å². The fourth-order valence-electron chi connectivity index (χ4n) is 3.00. The third-order valence-corrected chi connectivity index (χ3v) is 3.97. The van der Waals surface area contributed by atoms with E-state index in [0.717, 1.165) is 38.2 Å². The smallest absolute Gasteiger partial charge is 0.137 e. The highest BCUT2D eigenvalue weighted by atomic mass is 16.5. The van der Waals surface area contributed by atoms with Crippen molar-refractivity contribution in [2.75, 3.05) is 20.3 Å². The van der Waals surface area contributed by atoms with Crippen molar-refractivity contribution in [2.24, 2.45) is 5.92 Å². The molecule has 4 heteroatoms. The highest BCUT2D eigenvalue weighted by Crippen LogP contribution is 2.35. The summed E-state index contributed by atoms with van der Waals surface area (Å²) in [5.41, 5.74) is 1.19. The van der Waals surface area contributed by atoms with Crippen LogP contribution in [0.2, 0.25) is 0 Å². The van der Waals surface area contributed by atoms with E-state index in [1.54, 1.807) is 6.20 Å². The molecule has 0 aromatic carbocycles. The molecule has 2 heterocycles. The molecule has 1 aliphatic rings. The van der Waals surface area contributed by atoms with Crippen molar-refractivity contribution in [2.45, 2.75) is 45.3 Å². The summed E-state index contributed by atoms with van der Waals surface area (Å²) in [6.45, 7) is 5.89. The number of ether oxygens (including phenoxy) is 2. The summed E-state index contributed by atoms with van der Waals surface area (Å²) in [5, 5.41) is 3.43. The summed E-state index contributed by atoms with van der Waals surface area (Å²) in [6.07, 6.45) is 7.23. The quantitative estimate of drug-likeness (QED) is 0.833. The van der Waals surface area contributed by atoms with Gasteiger partial charge in [0, 0.05) is 24.8 Å². The van der Waals surface area contributed by atoms with E-state index >= 15 is 0 Å². The monoisotopic (exact) mass is 278 g/mol. The largest absolute Gasteiger partial charge is 0.492 e. The van der Waals surface area contributed by atoms with Crippen molar-refractivity contribution in [3.8, 4) is 5.75 Å². The highest BCUT2D eigenvalue weighted by molar-refractivity contribution is 5.27. The fourth-order valence-corrected chi connectivity index (χ4v) is 3.00. The SMILES string of the molecule is CCCOc1cncc(C(NC)C2CCOC2CC)c1. The molecule has 0 radical (unpaired) electrons. The summed E-state index contributed by atoms with van der Waals surface area (Å²) in [7, 11) is 2.01. The molecule has 4 nitrogen and oxygen atoms in total. The molecule has 0 saturated carbocycles. The Hall–Kier alpha value is -1.13. The van der Waals surface area contributed by atoms with Gasteiger partial charge < -0.3 is 14.8 Å². The summed E-state index contributed by atoms with van der Waals surface area (Å²) < 4.78 is 11.5. The van der Waals surface area contributed by atoms with Gasteiger partial charge in [-0.1, -0.05) is 13.8 Å². The Bertz CT molecular complexity index is 411. The van der Waals surface area contributed by atoms with Crippen molar-refractivity contribution >= 4 is 0 Å². The summed E-state index contributed by atoms with van der Waals surface area (Å²) in [4.78, 5) is 4.32. The Morgan fingerprint density at radius 3 is 3.00 bits per heavy atom. The first kappa shape index (κ1) is 15.3. The lowest BCUT2D eigenvalue weighted by atomic mass is 9.87. The summed E-state index contributed by atoms with van der Waals surface area (Å²) >= 11 is 0. The minimum atomic E-state index is 0.278.